The quantitative estimate of drug-likeness (QED) is 0.591. The SMILES string of the molecule is COc1ccccc1-c1nc(SCC(=O)Nc2ccc(Br)cc2)n[nH]1. The summed E-state index contributed by atoms with van der Waals surface area (Å²) in [6.45, 7) is 0. The summed E-state index contributed by atoms with van der Waals surface area (Å²) in [6.07, 6.45) is 0. The minimum atomic E-state index is -0.115. The van der Waals surface area contributed by atoms with E-state index in [1.54, 1.807) is 7.11 Å². The summed E-state index contributed by atoms with van der Waals surface area (Å²) in [4.78, 5) is 16.4. The Bertz CT molecular complexity index is 867. The molecule has 1 amide bonds. The van der Waals surface area contributed by atoms with Gasteiger partial charge in [0, 0.05) is 10.2 Å². The van der Waals surface area contributed by atoms with E-state index in [9.17, 15) is 4.79 Å². The van der Waals surface area contributed by atoms with Crippen molar-refractivity contribution in [2.45, 2.75) is 5.16 Å². The lowest BCUT2D eigenvalue weighted by molar-refractivity contribution is -0.113. The third kappa shape index (κ3) is 4.61. The lowest BCUT2D eigenvalue weighted by Crippen LogP contribution is -2.13. The fourth-order valence-electron chi connectivity index (χ4n) is 2.13. The molecule has 25 heavy (non-hydrogen) atoms. The molecular formula is C17H15BrN4O2S. The topological polar surface area (TPSA) is 79.9 Å². The van der Waals surface area contributed by atoms with Crippen LogP contribution >= 0.6 is 27.7 Å². The number of carbonyl (C=O) groups is 1. The average molecular weight is 419 g/mol. The second-order valence-corrected chi connectivity index (χ2v) is 6.87. The van der Waals surface area contributed by atoms with Crippen LogP contribution in [0.25, 0.3) is 11.4 Å². The van der Waals surface area contributed by atoms with Gasteiger partial charge in [0.05, 0.1) is 18.4 Å². The van der Waals surface area contributed by atoms with Gasteiger partial charge in [0.2, 0.25) is 11.1 Å². The van der Waals surface area contributed by atoms with Crippen LogP contribution in [0.15, 0.2) is 58.2 Å². The highest BCUT2D eigenvalue weighted by Crippen LogP contribution is 2.27. The number of nitrogens with zero attached hydrogens (tertiary/aromatic N) is 2. The number of aromatic amines is 1. The number of amides is 1. The first-order chi connectivity index (χ1) is 12.2. The number of benzene rings is 2. The Labute approximate surface area is 157 Å². The van der Waals surface area contributed by atoms with E-state index in [1.165, 1.54) is 11.8 Å². The summed E-state index contributed by atoms with van der Waals surface area (Å²) >= 11 is 4.62. The number of hydrogen-bond acceptors (Lipinski definition) is 5. The summed E-state index contributed by atoms with van der Waals surface area (Å²) in [7, 11) is 1.61. The number of H-pyrrole nitrogens is 1. The van der Waals surface area contributed by atoms with E-state index in [4.69, 9.17) is 4.74 Å². The van der Waals surface area contributed by atoms with Gasteiger partial charge in [0.25, 0.3) is 0 Å². The first-order valence-electron chi connectivity index (χ1n) is 7.39. The molecule has 0 radical (unpaired) electrons. The van der Waals surface area contributed by atoms with Gasteiger partial charge >= 0.3 is 0 Å². The van der Waals surface area contributed by atoms with E-state index in [0.717, 1.165) is 15.7 Å². The molecule has 0 aliphatic carbocycles. The highest BCUT2D eigenvalue weighted by molar-refractivity contribution is 9.10. The van der Waals surface area contributed by atoms with Crippen LogP contribution in [0.3, 0.4) is 0 Å². The largest absolute Gasteiger partial charge is 0.496 e. The second-order valence-electron chi connectivity index (χ2n) is 5.01. The minimum Gasteiger partial charge on any atom is -0.496 e. The zero-order chi connectivity index (χ0) is 17.6. The summed E-state index contributed by atoms with van der Waals surface area (Å²) in [6, 6.07) is 15.0. The number of anilines is 1. The number of hydrogen-bond donors (Lipinski definition) is 2. The van der Waals surface area contributed by atoms with E-state index in [1.807, 2.05) is 48.5 Å². The first-order valence-corrected chi connectivity index (χ1v) is 9.17. The maximum atomic E-state index is 12.0. The second kappa shape index (κ2) is 8.17. The zero-order valence-corrected chi connectivity index (χ0v) is 15.7. The molecule has 0 aliphatic rings. The molecule has 2 N–H and O–H groups in total. The first kappa shape index (κ1) is 17.5. The predicted molar refractivity (Wildman–Crippen MR) is 102 cm³/mol. The van der Waals surface area contributed by atoms with Crippen molar-refractivity contribution in [3.05, 3.63) is 53.0 Å². The van der Waals surface area contributed by atoms with E-state index in [2.05, 4.69) is 36.4 Å². The number of para-hydroxylation sites is 1. The van der Waals surface area contributed by atoms with Gasteiger partial charge in [-0.2, -0.15) is 0 Å². The Morgan fingerprint density at radius 2 is 2.00 bits per heavy atom. The van der Waals surface area contributed by atoms with Gasteiger partial charge in [0.1, 0.15) is 5.75 Å². The van der Waals surface area contributed by atoms with Crippen LogP contribution in [0.4, 0.5) is 5.69 Å². The molecule has 0 spiro atoms. The molecule has 2 aromatic carbocycles. The van der Waals surface area contributed by atoms with Gasteiger partial charge in [-0.15, -0.1) is 5.10 Å². The summed E-state index contributed by atoms with van der Waals surface area (Å²) in [5.41, 5.74) is 1.57. The van der Waals surface area contributed by atoms with Crippen molar-refractivity contribution in [1.29, 1.82) is 0 Å². The molecule has 0 unspecified atom stereocenters. The molecule has 6 nitrogen and oxygen atoms in total. The van der Waals surface area contributed by atoms with E-state index in [0.29, 0.717) is 16.7 Å². The number of methoxy groups -OCH3 is 1. The average Bonchev–Trinajstić information content (AvgIpc) is 3.11. The highest BCUT2D eigenvalue weighted by atomic mass is 79.9. The van der Waals surface area contributed by atoms with Crippen molar-refractivity contribution >= 4 is 39.3 Å². The molecule has 0 saturated carbocycles. The summed E-state index contributed by atoms with van der Waals surface area (Å²) in [5, 5.41) is 10.4. The predicted octanol–water partition coefficient (Wildman–Crippen LogP) is 3.97. The highest BCUT2D eigenvalue weighted by Gasteiger charge is 2.12. The molecule has 1 aromatic heterocycles. The third-order valence-electron chi connectivity index (χ3n) is 3.29. The van der Waals surface area contributed by atoms with Crippen LogP contribution in [-0.2, 0) is 4.79 Å². The Morgan fingerprint density at radius 1 is 1.24 bits per heavy atom. The van der Waals surface area contributed by atoms with Crippen LogP contribution in [0.5, 0.6) is 5.75 Å². The molecule has 3 rings (SSSR count). The Hall–Kier alpha value is -2.32. The molecule has 0 aliphatic heterocycles. The van der Waals surface area contributed by atoms with Crippen LogP contribution in [0.1, 0.15) is 0 Å². The normalized spacial score (nSPS) is 10.5. The molecule has 0 fully saturated rings. The van der Waals surface area contributed by atoms with Crippen LogP contribution in [-0.4, -0.2) is 34.0 Å². The van der Waals surface area contributed by atoms with Gasteiger partial charge in [-0.1, -0.05) is 39.8 Å². The maximum absolute atomic E-state index is 12.0. The van der Waals surface area contributed by atoms with Gasteiger partial charge < -0.3 is 10.1 Å². The lowest BCUT2D eigenvalue weighted by Gasteiger charge is -2.04. The minimum absolute atomic E-state index is 0.115. The molecule has 3 aromatic rings. The van der Waals surface area contributed by atoms with Gasteiger partial charge in [-0.25, -0.2) is 4.98 Å². The van der Waals surface area contributed by atoms with Crippen LogP contribution < -0.4 is 10.1 Å². The fourth-order valence-corrected chi connectivity index (χ4v) is 2.99. The molecule has 8 heteroatoms. The number of ether oxygens (including phenoxy) is 1. The smallest absolute Gasteiger partial charge is 0.234 e. The van der Waals surface area contributed by atoms with Crippen LogP contribution in [0, 0.1) is 0 Å². The number of nitrogens with one attached hydrogen (secondary N) is 2. The molecule has 0 bridgehead atoms. The fraction of sp³-hybridized carbons (Fsp3) is 0.118. The van der Waals surface area contributed by atoms with Crippen molar-refractivity contribution < 1.29 is 9.53 Å². The van der Waals surface area contributed by atoms with Crippen molar-refractivity contribution in [2.75, 3.05) is 18.2 Å². The number of rotatable bonds is 6. The lowest BCUT2D eigenvalue weighted by atomic mass is 10.2. The molecule has 0 saturated heterocycles. The van der Waals surface area contributed by atoms with Crippen molar-refractivity contribution in [3.63, 3.8) is 0 Å². The van der Waals surface area contributed by atoms with Crippen molar-refractivity contribution in [2.24, 2.45) is 0 Å². The van der Waals surface area contributed by atoms with Gasteiger partial charge in [-0.3, -0.25) is 9.89 Å². The zero-order valence-electron chi connectivity index (χ0n) is 13.3. The van der Waals surface area contributed by atoms with E-state index >= 15 is 0 Å². The van der Waals surface area contributed by atoms with E-state index < -0.39 is 0 Å². The number of carbonyl (C=O) groups excluding carboxylic acids is 1. The summed E-state index contributed by atoms with van der Waals surface area (Å²) < 4.78 is 6.28. The molecule has 128 valence electrons. The monoisotopic (exact) mass is 418 g/mol. The van der Waals surface area contributed by atoms with Crippen LogP contribution in [0.2, 0.25) is 0 Å². The van der Waals surface area contributed by atoms with Gasteiger partial charge in [0.15, 0.2) is 5.82 Å². The number of aromatic nitrogens is 3. The number of thioether (sulfide) groups is 1. The molecular weight excluding hydrogens is 404 g/mol. The maximum Gasteiger partial charge on any atom is 0.234 e. The van der Waals surface area contributed by atoms with Gasteiger partial charge in [-0.05, 0) is 36.4 Å². The Balaban J connectivity index is 1.60. The molecule has 0 atom stereocenters. The van der Waals surface area contributed by atoms with Crippen molar-refractivity contribution in [3.8, 4) is 17.1 Å². The third-order valence-corrected chi connectivity index (χ3v) is 4.66. The van der Waals surface area contributed by atoms with Crippen molar-refractivity contribution in [1.82, 2.24) is 15.2 Å². The Morgan fingerprint density at radius 3 is 2.76 bits per heavy atom. The summed E-state index contributed by atoms with van der Waals surface area (Å²) in [5.74, 6) is 1.42. The number of halogens is 1. The van der Waals surface area contributed by atoms with E-state index in [-0.39, 0.29) is 11.7 Å². The Kier molecular flexibility index (Phi) is 5.72. The molecule has 1 heterocycles. The standard InChI is InChI=1S/C17H15BrN4O2S/c1-24-14-5-3-2-4-13(14)16-20-17(22-21-16)25-10-15(23)19-12-8-6-11(18)7-9-12/h2-9H,10H2,1H3,(H,19,23)(H,20,21,22).